The second kappa shape index (κ2) is 14.7. The molecule has 0 atom stereocenters. The first kappa shape index (κ1) is 28.7. The Morgan fingerprint density at radius 1 is 0.914 bits per heavy atom. The Balaban J connectivity index is 2.34. The SMILES string of the molecule is CCCCCCOc1ccc2c(c1CCC)OC(CCC(=O)OCC)(CCC(=O)OCC)CC2=O. The van der Waals surface area contributed by atoms with Crippen molar-refractivity contribution in [1.29, 1.82) is 0 Å². The van der Waals surface area contributed by atoms with Crippen molar-refractivity contribution in [2.45, 2.75) is 104 Å². The van der Waals surface area contributed by atoms with Gasteiger partial charge >= 0.3 is 11.9 Å². The summed E-state index contributed by atoms with van der Waals surface area (Å²) >= 11 is 0. The van der Waals surface area contributed by atoms with Crippen LogP contribution in [0, 0.1) is 0 Å². The number of carbonyl (C=O) groups is 3. The molecule has 1 heterocycles. The van der Waals surface area contributed by atoms with Gasteiger partial charge in [-0.2, -0.15) is 0 Å². The number of benzene rings is 1. The van der Waals surface area contributed by atoms with Gasteiger partial charge in [-0.25, -0.2) is 0 Å². The molecule has 0 radical (unpaired) electrons. The van der Waals surface area contributed by atoms with Gasteiger partial charge in [-0.3, -0.25) is 14.4 Å². The average Bonchev–Trinajstić information content (AvgIpc) is 2.83. The van der Waals surface area contributed by atoms with E-state index in [2.05, 4.69) is 13.8 Å². The third-order valence-corrected chi connectivity index (χ3v) is 6.25. The van der Waals surface area contributed by atoms with Crippen LogP contribution in [0.25, 0.3) is 0 Å². The third kappa shape index (κ3) is 8.55. The maximum Gasteiger partial charge on any atom is 0.305 e. The predicted octanol–water partition coefficient (Wildman–Crippen LogP) is 5.99. The van der Waals surface area contributed by atoms with Gasteiger partial charge in [-0.15, -0.1) is 0 Å². The molecular weight excluding hydrogens is 448 g/mol. The van der Waals surface area contributed by atoms with Gasteiger partial charge in [0.1, 0.15) is 17.1 Å². The molecule has 1 aliphatic heterocycles. The highest BCUT2D eigenvalue weighted by molar-refractivity contribution is 6.01. The second-order valence-electron chi connectivity index (χ2n) is 9.07. The molecule has 0 fully saturated rings. The average molecular weight is 491 g/mol. The van der Waals surface area contributed by atoms with Crippen LogP contribution in [0.5, 0.6) is 11.5 Å². The van der Waals surface area contributed by atoms with Crippen LogP contribution in [0.15, 0.2) is 12.1 Å². The minimum absolute atomic E-state index is 0.0502. The lowest BCUT2D eigenvalue weighted by molar-refractivity contribution is -0.145. The van der Waals surface area contributed by atoms with Crippen LogP contribution in [-0.4, -0.2) is 43.1 Å². The van der Waals surface area contributed by atoms with E-state index >= 15 is 0 Å². The molecule has 0 saturated carbocycles. The molecule has 7 nitrogen and oxygen atoms in total. The largest absolute Gasteiger partial charge is 0.493 e. The lowest BCUT2D eigenvalue weighted by atomic mass is 9.82. The number of unbranched alkanes of at least 4 members (excludes halogenated alkanes) is 3. The van der Waals surface area contributed by atoms with Gasteiger partial charge in [0.2, 0.25) is 0 Å². The number of hydrogen-bond acceptors (Lipinski definition) is 7. The van der Waals surface area contributed by atoms with Crippen LogP contribution in [0.3, 0.4) is 0 Å². The summed E-state index contributed by atoms with van der Waals surface area (Å²) < 4.78 is 22.9. The molecule has 2 rings (SSSR count). The summed E-state index contributed by atoms with van der Waals surface area (Å²) in [5, 5.41) is 0. The quantitative estimate of drug-likeness (QED) is 0.208. The Labute approximate surface area is 209 Å². The van der Waals surface area contributed by atoms with Gasteiger partial charge < -0.3 is 18.9 Å². The molecule has 196 valence electrons. The molecule has 7 heteroatoms. The zero-order valence-corrected chi connectivity index (χ0v) is 21.9. The molecule has 0 bridgehead atoms. The maximum absolute atomic E-state index is 13.3. The van der Waals surface area contributed by atoms with Gasteiger partial charge in [0.25, 0.3) is 0 Å². The van der Waals surface area contributed by atoms with E-state index in [9.17, 15) is 14.4 Å². The van der Waals surface area contributed by atoms with E-state index in [0.717, 1.165) is 37.0 Å². The number of fused-ring (bicyclic) bond motifs is 1. The Hall–Kier alpha value is -2.57. The van der Waals surface area contributed by atoms with Crippen LogP contribution >= 0.6 is 0 Å². The van der Waals surface area contributed by atoms with Gasteiger partial charge in [-0.1, -0.05) is 39.5 Å². The fraction of sp³-hybridized carbons (Fsp3) is 0.679. The van der Waals surface area contributed by atoms with E-state index in [4.69, 9.17) is 18.9 Å². The van der Waals surface area contributed by atoms with Gasteiger partial charge in [0.15, 0.2) is 5.78 Å². The summed E-state index contributed by atoms with van der Waals surface area (Å²) in [6, 6.07) is 3.65. The molecule has 1 aromatic rings. The van der Waals surface area contributed by atoms with Crippen molar-refractivity contribution in [2.24, 2.45) is 0 Å². The summed E-state index contributed by atoms with van der Waals surface area (Å²) in [4.78, 5) is 37.6. The molecule has 0 N–H and O–H groups in total. The van der Waals surface area contributed by atoms with Crippen molar-refractivity contribution in [3.8, 4) is 11.5 Å². The van der Waals surface area contributed by atoms with Gasteiger partial charge in [0, 0.05) is 18.4 Å². The number of ether oxygens (including phenoxy) is 4. The van der Waals surface area contributed by atoms with Gasteiger partial charge in [0.05, 0.1) is 31.8 Å². The fourth-order valence-electron chi connectivity index (χ4n) is 4.45. The highest BCUT2D eigenvalue weighted by atomic mass is 16.5. The second-order valence-corrected chi connectivity index (χ2v) is 9.07. The van der Waals surface area contributed by atoms with E-state index in [1.165, 1.54) is 6.42 Å². The first-order valence-corrected chi connectivity index (χ1v) is 13.2. The van der Waals surface area contributed by atoms with Crippen LogP contribution in [-0.2, 0) is 25.5 Å². The molecule has 1 aliphatic rings. The molecule has 0 aliphatic carbocycles. The first-order chi connectivity index (χ1) is 16.9. The molecule has 1 aromatic carbocycles. The summed E-state index contributed by atoms with van der Waals surface area (Å²) in [5.41, 5.74) is 0.436. The molecular formula is C28H42O7. The van der Waals surface area contributed by atoms with Crippen molar-refractivity contribution >= 4 is 17.7 Å². The maximum atomic E-state index is 13.3. The van der Waals surface area contributed by atoms with Crippen LogP contribution in [0.4, 0.5) is 0 Å². The number of esters is 2. The first-order valence-electron chi connectivity index (χ1n) is 13.2. The molecule has 0 amide bonds. The topological polar surface area (TPSA) is 88.1 Å². The van der Waals surface area contributed by atoms with Crippen molar-refractivity contribution in [3.05, 3.63) is 23.3 Å². The van der Waals surface area contributed by atoms with Crippen molar-refractivity contribution in [1.82, 2.24) is 0 Å². The highest BCUT2D eigenvalue weighted by Gasteiger charge is 2.42. The zero-order valence-electron chi connectivity index (χ0n) is 21.9. The number of ketones is 1. The zero-order chi connectivity index (χ0) is 25.7. The summed E-state index contributed by atoms with van der Waals surface area (Å²) in [5.74, 6) is 0.528. The Kier molecular flexibility index (Phi) is 12.1. The lowest BCUT2D eigenvalue weighted by Gasteiger charge is -2.39. The lowest BCUT2D eigenvalue weighted by Crippen LogP contribution is -2.43. The minimum atomic E-state index is -0.980. The monoisotopic (exact) mass is 490 g/mol. The molecule has 0 aromatic heterocycles. The minimum Gasteiger partial charge on any atom is -0.493 e. The summed E-state index contributed by atoms with van der Waals surface area (Å²) in [7, 11) is 0. The smallest absolute Gasteiger partial charge is 0.305 e. The van der Waals surface area contributed by atoms with E-state index in [1.54, 1.807) is 19.9 Å². The van der Waals surface area contributed by atoms with E-state index in [-0.39, 0.29) is 63.0 Å². The third-order valence-electron chi connectivity index (χ3n) is 6.25. The molecule has 0 unspecified atom stereocenters. The van der Waals surface area contributed by atoms with Gasteiger partial charge in [-0.05, 0) is 51.7 Å². The standard InChI is InChI=1S/C28H42O7/c1-5-9-10-11-19-34-24-14-13-21-23(29)20-28(17-15-25(30)32-7-3,18-16-26(31)33-8-4)35-27(21)22(24)12-6-2/h13-14H,5-12,15-20H2,1-4H3. The van der Waals surface area contributed by atoms with Crippen molar-refractivity contribution in [3.63, 3.8) is 0 Å². The van der Waals surface area contributed by atoms with Crippen molar-refractivity contribution in [2.75, 3.05) is 19.8 Å². The number of Topliss-reactive ketones (excluding diaryl/α,β-unsaturated/α-hetero) is 1. The number of rotatable bonds is 16. The Bertz CT molecular complexity index is 824. The Morgan fingerprint density at radius 2 is 1.57 bits per heavy atom. The highest BCUT2D eigenvalue weighted by Crippen LogP contribution is 2.44. The van der Waals surface area contributed by atoms with Crippen LogP contribution in [0.1, 0.15) is 108 Å². The number of carbonyl (C=O) groups excluding carboxylic acids is 3. The molecule has 0 saturated heterocycles. The van der Waals surface area contributed by atoms with E-state index in [0.29, 0.717) is 24.3 Å². The van der Waals surface area contributed by atoms with E-state index in [1.807, 2.05) is 6.07 Å². The Morgan fingerprint density at radius 3 is 2.14 bits per heavy atom. The fourth-order valence-corrected chi connectivity index (χ4v) is 4.45. The van der Waals surface area contributed by atoms with Crippen LogP contribution < -0.4 is 9.47 Å². The summed E-state index contributed by atoms with van der Waals surface area (Å²) in [6.45, 7) is 8.95. The normalized spacial score (nSPS) is 14.1. The molecule has 35 heavy (non-hydrogen) atoms. The van der Waals surface area contributed by atoms with Crippen LogP contribution in [0.2, 0.25) is 0 Å². The predicted molar refractivity (Wildman–Crippen MR) is 134 cm³/mol. The van der Waals surface area contributed by atoms with Crippen molar-refractivity contribution < 1.29 is 33.3 Å². The number of hydrogen-bond donors (Lipinski definition) is 0. The van der Waals surface area contributed by atoms with E-state index < -0.39 is 5.60 Å². The molecule has 0 spiro atoms. The summed E-state index contributed by atoms with van der Waals surface area (Å²) in [6.07, 6.45) is 6.86.